The van der Waals surface area contributed by atoms with Gasteiger partial charge in [0.05, 0.1) is 18.2 Å². The number of esters is 2. The number of carbonyl (C=O) groups is 3. The van der Waals surface area contributed by atoms with Crippen molar-refractivity contribution in [3.05, 3.63) is 46.3 Å². The van der Waals surface area contributed by atoms with E-state index in [9.17, 15) is 14.4 Å². The molecule has 1 amide bonds. The van der Waals surface area contributed by atoms with Gasteiger partial charge in [-0.05, 0) is 56.9 Å². The van der Waals surface area contributed by atoms with Crippen LogP contribution in [0.25, 0.3) is 0 Å². The van der Waals surface area contributed by atoms with E-state index in [1.807, 2.05) is 18.2 Å². The maximum atomic E-state index is 12.9. The van der Waals surface area contributed by atoms with E-state index in [4.69, 9.17) is 18.9 Å². The summed E-state index contributed by atoms with van der Waals surface area (Å²) in [6.45, 7) is 6.50. The van der Waals surface area contributed by atoms with Gasteiger partial charge < -0.3 is 28.8 Å². The Balaban J connectivity index is 1.42. The van der Waals surface area contributed by atoms with Gasteiger partial charge in [-0.2, -0.15) is 0 Å². The molecule has 2 aliphatic heterocycles. The van der Waals surface area contributed by atoms with Gasteiger partial charge in [0, 0.05) is 12.2 Å². The van der Waals surface area contributed by atoms with Crippen molar-refractivity contribution in [3.63, 3.8) is 0 Å². The molecule has 4 rings (SSSR count). The van der Waals surface area contributed by atoms with Gasteiger partial charge in [0.25, 0.3) is 5.91 Å². The van der Waals surface area contributed by atoms with Crippen molar-refractivity contribution in [1.29, 1.82) is 0 Å². The molecule has 3 heterocycles. The van der Waals surface area contributed by atoms with Crippen molar-refractivity contribution in [2.75, 3.05) is 33.0 Å². The first-order valence-electron chi connectivity index (χ1n) is 11.1. The van der Waals surface area contributed by atoms with Crippen molar-refractivity contribution in [3.8, 4) is 11.5 Å². The summed E-state index contributed by atoms with van der Waals surface area (Å²) in [6, 6.07) is 5.61. The summed E-state index contributed by atoms with van der Waals surface area (Å²) in [7, 11) is 0. The van der Waals surface area contributed by atoms with Crippen LogP contribution < -0.4 is 9.47 Å². The van der Waals surface area contributed by atoms with Crippen molar-refractivity contribution >= 4 is 17.8 Å². The molecule has 1 aromatic heterocycles. The van der Waals surface area contributed by atoms with Gasteiger partial charge in [0.1, 0.15) is 18.9 Å². The van der Waals surface area contributed by atoms with Crippen LogP contribution in [0.3, 0.4) is 0 Å². The Kier molecular flexibility index (Phi) is 6.57. The second-order valence-electron chi connectivity index (χ2n) is 8.07. The summed E-state index contributed by atoms with van der Waals surface area (Å²) in [5.41, 5.74) is 2.38. The first-order chi connectivity index (χ1) is 15.9. The Hall–Kier alpha value is -3.49. The molecule has 0 spiro atoms. The zero-order chi connectivity index (χ0) is 23.5. The minimum atomic E-state index is -0.686. The van der Waals surface area contributed by atoms with Crippen molar-refractivity contribution < 1.29 is 33.3 Å². The normalized spacial score (nSPS) is 17.1. The molecule has 33 heavy (non-hydrogen) atoms. The van der Waals surface area contributed by atoms with Crippen LogP contribution in [-0.2, 0) is 14.3 Å². The molecule has 9 nitrogen and oxygen atoms in total. The number of aromatic nitrogens is 1. The highest BCUT2D eigenvalue weighted by Crippen LogP contribution is 2.38. The second-order valence-corrected chi connectivity index (χ2v) is 8.07. The zero-order valence-corrected chi connectivity index (χ0v) is 19.1. The SMILES string of the molecule is CCOC(=O)c1c(C)[nH]c(C(=O)OCC(=O)N2CCCC2c2ccc3c(c2)OCCO3)c1C. The maximum Gasteiger partial charge on any atom is 0.355 e. The average molecular weight is 456 g/mol. The molecule has 0 aliphatic carbocycles. The largest absolute Gasteiger partial charge is 0.486 e. The number of benzene rings is 1. The monoisotopic (exact) mass is 456 g/mol. The molecule has 9 heteroatoms. The summed E-state index contributed by atoms with van der Waals surface area (Å²) in [5, 5.41) is 0. The topological polar surface area (TPSA) is 107 Å². The zero-order valence-electron chi connectivity index (χ0n) is 19.1. The van der Waals surface area contributed by atoms with Crippen LogP contribution in [0.15, 0.2) is 18.2 Å². The minimum Gasteiger partial charge on any atom is -0.486 e. The summed E-state index contributed by atoms with van der Waals surface area (Å²) in [5.74, 6) is -0.0758. The van der Waals surface area contributed by atoms with Crippen LogP contribution in [0.4, 0.5) is 0 Å². The molecular weight excluding hydrogens is 428 g/mol. The standard InChI is InChI=1S/C24H28N2O7/c1-4-30-23(28)21-14(2)22(25-15(21)3)24(29)33-13-20(27)26-9-5-6-17(26)16-7-8-18-19(12-16)32-11-10-31-18/h7-8,12,17,25H,4-6,9-11,13H2,1-3H3. The van der Waals surface area contributed by atoms with E-state index in [-0.39, 0.29) is 30.9 Å². The van der Waals surface area contributed by atoms with E-state index >= 15 is 0 Å². The van der Waals surface area contributed by atoms with E-state index in [0.717, 1.165) is 18.4 Å². The molecule has 2 aliphatic rings. The fourth-order valence-electron chi connectivity index (χ4n) is 4.42. The number of aromatic amines is 1. The maximum absolute atomic E-state index is 12.9. The Morgan fingerprint density at radius 2 is 1.85 bits per heavy atom. The van der Waals surface area contributed by atoms with Crippen LogP contribution in [0.5, 0.6) is 11.5 Å². The van der Waals surface area contributed by atoms with Gasteiger partial charge in [-0.1, -0.05) is 6.07 Å². The highest BCUT2D eigenvalue weighted by Gasteiger charge is 2.32. The Morgan fingerprint density at radius 3 is 2.61 bits per heavy atom. The number of H-pyrrole nitrogens is 1. The number of rotatable bonds is 6. The number of hydrogen-bond acceptors (Lipinski definition) is 7. The van der Waals surface area contributed by atoms with Gasteiger partial charge in [0.15, 0.2) is 18.1 Å². The van der Waals surface area contributed by atoms with Gasteiger partial charge in [-0.3, -0.25) is 4.79 Å². The van der Waals surface area contributed by atoms with Crippen LogP contribution in [0.2, 0.25) is 0 Å². The molecule has 2 aromatic rings. The second kappa shape index (κ2) is 9.56. The van der Waals surface area contributed by atoms with E-state index in [2.05, 4.69) is 4.98 Å². The molecule has 1 aromatic carbocycles. The molecule has 0 radical (unpaired) electrons. The lowest BCUT2D eigenvalue weighted by molar-refractivity contribution is -0.135. The number of hydrogen-bond donors (Lipinski definition) is 1. The molecule has 0 bridgehead atoms. The third-order valence-electron chi connectivity index (χ3n) is 5.97. The summed E-state index contributed by atoms with van der Waals surface area (Å²) >= 11 is 0. The van der Waals surface area contributed by atoms with Crippen LogP contribution >= 0.6 is 0 Å². The van der Waals surface area contributed by atoms with E-state index in [1.54, 1.807) is 25.7 Å². The Bertz CT molecular complexity index is 1080. The van der Waals surface area contributed by atoms with Crippen molar-refractivity contribution in [2.24, 2.45) is 0 Å². The highest BCUT2D eigenvalue weighted by atomic mass is 16.6. The molecule has 0 saturated carbocycles. The number of fused-ring (bicyclic) bond motifs is 1. The molecule has 1 unspecified atom stereocenters. The lowest BCUT2D eigenvalue weighted by atomic mass is 10.0. The van der Waals surface area contributed by atoms with E-state index in [1.165, 1.54) is 0 Å². The molecule has 176 valence electrons. The molecule has 1 atom stereocenters. The van der Waals surface area contributed by atoms with Crippen molar-refractivity contribution in [2.45, 2.75) is 39.7 Å². The van der Waals surface area contributed by atoms with Crippen LogP contribution in [0.1, 0.15) is 63.5 Å². The third kappa shape index (κ3) is 4.53. The highest BCUT2D eigenvalue weighted by molar-refractivity contribution is 5.99. The van der Waals surface area contributed by atoms with E-state index < -0.39 is 11.9 Å². The number of nitrogens with zero attached hydrogens (tertiary/aromatic N) is 1. The number of carbonyl (C=O) groups excluding carboxylic acids is 3. The van der Waals surface area contributed by atoms with E-state index in [0.29, 0.717) is 48.1 Å². The Morgan fingerprint density at radius 1 is 1.09 bits per heavy atom. The smallest absolute Gasteiger partial charge is 0.355 e. The van der Waals surface area contributed by atoms with Gasteiger partial charge >= 0.3 is 11.9 Å². The van der Waals surface area contributed by atoms with Gasteiger partial charge in [-0.15, -0.1) is 0 Å². The van der Waals surface area contributed by atoms with Gasteiger partial charge in [-0.25, -0.2) is 9.59 Å². The Labute approximate surface area is 191 Å². The molecule has 1 N–H and O–H groups in total. The number of likely N-dealkylation sites (tertiary alicyclic amines) is 1. The number of amides is 1. The van der Waals surface area contributed by atoms with Crippen LogP contribution in [0, 0.1) is 13.8 Å². The first-order valence-corrected chi connectivity index (χ1v) is 11.1. The summed E-state index contributed by atoms with van der Waals surface area (Å²) < 4.78 is 21.6. The lowest BCUT2D eigenvalue weighted by Crippen LogP contribution is -2.34. The number of nitrogens with one attached hydrogen (secondary N) is 1. The third-order valence-corrected chi connectivity index (χ3v) is 5.97. The fraction of sp³-hybridized carbons (Fsp3) is 0.458. The lowest BCUT2D eigenvalue weighted by Gasteiger charge is -2.26. The van der Waals surface area contributed by atoms with Gasteiger partial charge in [0.2, 0.25) is 0 Å². The minimum absolute atomic E-state index is 0.114. The fourth-order valence-corrected chi connectivity index (χ4v) is 4.42. The quantitative estimate of drug-likeness (QED) is 0.666. The number of aryl methyl sites for hydroxylation is 1. The van der Waals surface area contributed by atoms with Crippen LogP contribution in [-0.4, -0.2) is 60.7 Å². The predicted molar refractivity (Wildman–Crippen MR) is 118 cm³/mol. The summed E-state index contributed by atoms with van der Waals surface area (Å²) in [6.07, 6.45) is 1.67. The van der Waals surface area contributed by atoms with Crippen molar-refractivity contribution in [1.82, 2.24) is 9.88 Å². The summed E-state index contributed by atoms with van der Waals surface area (Å²) in [4.78, 5) is 42.3. The molecular formula is C24H28N2O7. The molecule has 1 fully saturated rings. The first kappa shape index (κ1) is 22.7. The number of ether oxygens (including phenoxy) is 4. The molecule has 1 saturated heterocycles. The predicted octanol–water partition coefficient (Wildman–Crippen LogP) is 3.10. The average Bonchev–Trinajstić information content (AvgIpc) is 3.41.